The van der Waals surface area contributed by atoms with Crippen LogP contribution in [0.15, 0.2) is 36.5 Å². The normalized spacial score (nSPS) is 9.56. The third kappa shape index (κ3) is 2.74. The predicted octanol–water partition coefficient (Wildman–Crippen LogP) is 2.54. The summed E-state index contributed by atoms with van der Waals surface area (Å²) >= 11 is 0. The minimum absolute atomic E-state index is 0.156. The van der Waals surface area contributed by atoms with Crippen LogP contribution in [0, 0.1) is 11.3 Å². The van der Waals surface area contributed by atoms with Crippen LogP contribution in [0.3, 0.4) is 0 Å². The van der Waals surface area contributed by atoms with Gasteiger partial charge in [-0.05, 0) is 19.1 Å². The number of hydrogen-bond acceptors (Lipinski definition) is 5. The van der Waals surface area contributed by atoms with Gasteiger partial charge in [-0.3, -0.25) is 0 Å². The Balaban J connectivity index is 2.23. The number of aromatic nitrogens is 2. The lowest BCUT2D eigenvalue weighted by molar-refractivity contribution is 0.318. The van der Waals surface area contributed by atoms with E-state index in [9.17, 15) is 0 Å². The molecule has 18 heavy (non-hydrogen) atoms. The van der Waals surface area contributed by atoms with Gasteiger partial charge in [0.15, 0.2) is 0 Å². The fourth-order valence-corrected chi connectivity index (χ4v) is 1.35. The Morgan fingerprint density at radius 1 is 1.28 bits per heavy atom. The fourth-order valence-electron chi connectivity index (χ4n) is 1.35. The van der Waals surface area contributed by atoms with Crippen molar-refractivity contribution in [2.75, 3.05) is 6.61 Å². The van der Waals surface area contributed by atoms with Crippen LogP contribution in [0.1, 0.15) is 12.5 Å². The highest BCUT2D eigenvalue weighted by atomic mass is 16.5. The summed E-state index contributed by atoms with van der Waals surface area (Å²) in [7, 11) is 0. The Bertz CT molecular complexity index is 578. The molecule has 0 aliphatic carbocycles. The first-order valence-corrected chi connectivity index (χ1v) is 5.46. The molecule has 0 atom stereocenters. The van der Waals surface area contributed by atoms with E-state index in [-0.39, 0.29) is 6.01 Å². The van der Waals surface area contributed by atoms with Crippen molar-refractivity contribution >= 4 is 0 Å². The first-order valence-electron chi connectivity index (χ1n) is 5.46. The first-order chi connectivity index (χ1) is 8.83. The van der Waals surface area contributed by atoms with Gasteiger partial charge in [0.05, 0.1) is 12.2 Å². The summed E-state index contributed by atoms with van der Waals surface area (Å²) in [4.78, 5) is 8.04. The predicted molar refractivity (Wildman–Crippen MR) is 64.4 cm³/mol. The van der Waals surface area contributed by atoms with E-state index in [0.29, 0.717) is 23.8 Å². The van der Waals surface area contributed by atoms with E-state index in [1.165, 1.54) is 0 Å². The van der Waals surface area contributed by atoms with Crippen LogP contribution in [0.5, 0.6) is 17.6 Å². The maximum absolute atomic E-state index is 8.94. The Morgan fingerprint density at radius 3 is 2.89 bits per heavy atom. The minimum Gasteiger partial charge on any atom is -0.478 e. The molecule has 0 radical (unpaired) electrons. The fraction of sp³-hybridized carbons (Fsp3) is 0.154. The molecule has 2 rings (SSSR count). The van der Waals surface area contributed by atoms with Crippen LogP contribution in [0.25, 0.3) is 0 Å². The molecule has 2 aromatic rings. The molecule has 0 bridgehead atoms. The molecule has 5 heteroatoms. The topological polar surface area (TPSA) is 68.0 Å². The second kappa shape index (κ2) is 5.64. The highest BCUT2D eigenvalue weighted by Gasteiger charge is 2.06. The summed E-state index contributed by atoms with van der Waals surface area (Å²) in [6.45, 7) is 2.39. The number of benzene rings is 1. The maximum atomic E-state index is 8.94. The second-order valence-corrected chi connectivity index (χ2v) is 3.32. The SMILES string of the molecule is CCOc1ccnc(Oc2ccccc2C#N)n1. The first kappa shape index (κ1) is 11.9. The number of nitrogens with zero attached hydrogens (tertiary/aromatic N) is 3. The van der Waals surface area contributed by atoms with Crippen molar-refractivity contribution in [2.24, 2.45) is 0 Å². The quantitative estimate of drug-likeness (QED) is 0.822. The van der Waals surface area contributed by atoms with Gasteiger partial charge < -0.3 is 9.47 Å². The lowest BCUT2D eigenvalue weighted by Gasteiger charge is -2.06. The number of nitriles is 1. The van der Waals surface area contributed by atoms with E-state index in [1.807, 2.05) is 13.0 Å². The van der Waals surface area contributed by atoms with Crippen molar-refractivity contribution in [1.82, 2.24) is 9.97 Å². The van der Waals surface area contributed by atoms with Crippen LogP contribution in [0.4, 0.5) is 0 Å². The van der Waals surface area contributed by atoms with Gasteiger partial charge in [0, 0.05) is 12.3 Å². The van der Waals surface area contributed by atoms with Gasteiger partial charge >= 0.3 is 6.01 Å². The zero-order valence-corrected chi connectivity index (χ0v) is 9.83. The van der Waals surface area contributed by atoms with Crippen molar-refractivity contribution in [1.29, 1.82) is 5.26 Å². The van der Waals surface area contributed by atoms with Gasteiger partial charge in [0.25, 0.3) is 0 Å². The summed E-state index contributed by atoms with van der Waals surface area (Å²) in [5.74, 6) is 0.866. The third-order valence-electron chi connectivity index (χ3n) is 2.11. The average Bonchev–Trinajstić information content (AvgIpc) is 2.40. The van der Waals surface area contributed by atoms with E-state index in [4.69, 9.17) is 14.7 Å². The molecule has 0 aliphatic rings. The van der Waals surface area contributed by atoms with Crippen molar-refractivity contribution in [3.63, 3.8) is 0 Å². The highest BCUT2D eigenvalue weighted by Crippen LogP contribution is 2.22. The molecular weight excluding hydrogens is 230 g/mol. The molecule has 1 heterocycles. The molecule has 1 aromatic carbocycles. The monoisotopic (exact) mass is 241 g/mol. The summed E-state index contributed by atoms with van der Waals surface area (Å²) in [6.07, 6.45) is 1.54. The van der Waals surface area contributed by atoms with Crippen LogP contribution >= 0.6 is 0 Å². The Labute approximate surface area is 105 Å². The molecule has 0 saturated heterocycles. The molecule has 0 saturated carbocycles. The molecule has 5 nitrogen and oxygen atoms in total. The lowest BCUT2D eigenvalue weighted by Crippen LogP contribution is -1.98. The lowest BCUT2D eigenvalue weighted by atomic mass is 10.2. The van der Waals surface area contributed by atoms with Crippen molar-refractivity contribution in [2.45, 2.75) is 6.92 Å². The molecule has 0 aliphatic heterocycles. The largest absolute Gasteiger partial charge is 0.478 e. The third-order valence-corrected chi connectivity index (χ3v) is 2.11. The van der Waals surface area contributed by atoms with E-state index in [1.54, 1.807) is 36.5 Å². The van der Waals surface area contributed by atoms with Gasteiger partial charge in [0.2, 0.25) is 5.88 Å². The van der Waals surface area contributed by atoms with Gasteiger partial charge in [-0.25, -0.2) is 4.98 Å². The molecule has 0 N–H and O–H groups in total. The highest BCUT2D eigenvalue weighted by molar-refractivity contribution is 5.43. The Kier molecular flexibility index (Phi) is 3.72. The molecule has 0 amide bonds. The molecular formula is C13H11N3O2. The van der Waals surface area contributed by atoms with E-state index in [0.717, 1.165) is 0 Å². The van der Waals surface area contributed by atoms with Gasteiger partial charge in [-0.15, -0.1) is 0 Å². The van der Waals surface area contributed by atoms with E-state index < -0.39 is 0 Å². The summed E-state index contributed by atoms with van der Waals surface area (Å²) < 4.78 is 10.7. The second-order valence-electron chi connectivity index (χ2n) is 3.32. The summed E-state index contributed by atoms with van der Waals surface area (Å²) in [5, 5.41) is 8.94. The van der Waals surface area contributed by atoms with Crippen LogP contribution in [-0.4, -0.2) is 16.6 Å². The molecule has 0 spiro atoms. The van der Waals surface area contributed by atoms with Crippen LogP contribution in [-0.2, 0) is 0 Å². The zero-order chi connectivity index (χ0) is 12.8. The molecule has 0 fully saturated rings. The molecule has 1 aromatic heterocycles. The van der Waals surface area contributed by atoms with Crippen molar-refractivity contribution < 1.29 is 9.47 Å². The molecule has 90 valence electrons. The maximum Gasteiger partial charge on any atom is 0.325 e. The van der Waals surface area contributed by atoms with E-state index in [2.05, 4.69) is 9.97 Å². The average molecular weight is 241 g/mol. The molecule has 0 unspecified atom stereocenters. The Morgan fingerprint density at radius 2 is 2.11 bits per heavy atom. The smallest absolute Gasteiger partial charge is 0.325 e. The standard InChI is InChI=1S/C13H11N3O2/c1-2-17-12-7-8-15-13(16-12)18-11-6-4-3-5-10(11)9-14/h3-8H,2H2,1H3. The summed E-state index contributed by atoms with van der Waals surface area (Å²) in [6, 6.07) is 10.8. The minimum atomic E-state index is 0.156. The Hall–Kier alpha value is -2.61. The number of ether oxygens (including phenoxy) is 2. The number of para-hydroxylation sites is 1. The van der Waals surface area contributed by atoms with E-state index >= 15 is 0 Å². The van der Waals surface area contributed by atoms with Crippen molar-refractivity contribution in [3.8, 4) is 23.7 Å². The summed E-state index contributed by atoms with van der Waals surface area (Å²) in [5.41, 5.74) is 0.433. The zero-order valence-electron chi connectivity index (χ0n) is 9.83. The van der Waals surface area contributed by atoms with Crippen molar-refractivity contribution in [3.05, 3.63) is 42.1 Å². The van der Waals surface area contributed by atoms with Gasteiger partial charge in [-0.2, -0.15) is 10.2 Å². The van der Waals surface area contributed by atoms with Gasteiger partial charge in [0.1, 0.15) is 11.8 Å². The number of hydrogen-bond donors (Lipinski definition) is 0. The number of rotatable bonds is 4. The van der Waals surface area contributed by atoms with Crippen LogP contribution in [0.2, 0.25) is 0 Å². The van der Waals surface area contributed by atoms with Crippen LogP contribution < -0.4 is 9.47 Å². The van der Waals surface area contributed by atoms with Gasteiger partial charge in [-0.1, -0.05) is 12.1 Å².